The first-order valence-electron chi connectivity index (χ1n) is 7.42. The Morgan fingerprint density at radius 1 is 1.38 bits per heavy atom. The molecule has 3 rings (SSSR count). The van der Waals surface area contributed by atoms with Gasteiger partial charge in [-0.1, -0.05) is 0 Å². The molecule has 1 amide bonds. The predicted octanol–water partition coefficient (Wildman–Crippen LogP) is 2.32. The highest BCUT2D eigenvalue weighted by atomic mass is 16.6. The second-order valence-electron chi connectivity index (χ2n) is 6.76. The van der Waals surface area contributed by atoms with E-state index >= 15 is 0 Å². The number of ether oxygens (including phenoxy) is 1. The number of hydrogen-bond acceptors (Lipinski definition) is 4. The van der Waals surface area contributed by atoms with Crippen LogP contribution in [0.2, 0.25) is 0 Å². The summed E-state index contributed by atoms with van der Waals surface area (Å²) in [4.78, 5) is 25.1. The summed E-state index contributed by atoms with van der Waals surface area (Å²) in [6.45, 7) is 6.55. The van der Waals surface area contributed by atoms with Gasteiger partial charge in [0.25, 0.3) is 0 Å². The Hall–Kier alpha value is -1.85. The first kappa shape index (κ1) is 14.1. The summed E-state index contributed by atoms with van der Waals surface area (Å²) >= 11 is 0. The first-order valence-corrected chi connectivity index (χ1v) is 7.42. The summed E-state index contributed by atoms with van der Waals surface area (Å²) in [5.74, 6) is 0. The van der Waals surface area contributed by atoms with Crippen molar-refractivity contribution in [2.75, 3.05) is 6.54 Å². The second kappa shape index (κ2) is 4.86. The van der Waals surface area contributed by atoms with Crippen molar-refractivity contribution in [1.29, 1.82) is 0 Å². The average Bonchev–Trinajstić information content (AvgIpc) is 3.17. The van der Waals surface area contributed by atoms with Crippen LogP contribution < -0.4 is 0 Å². The molecule has 2 aliphatic rings. The fourth-order valence-electron chi connectivity index (χ4n) is 2.64. The van der Waals surface area contributed by atoms with Crippen LogP contribution in [0.4, 0.5) is 4.79 Å². The van der Waals surface area contributed by atoms with Crippen molar-refractivity contribution >= 4 is 12.4 Å². The van der Waals surface area contributed by atoms with Crippen LogP contribution >= 0.6 is 0 Å². The number of fused-ring (bicyclic) bond motifs is 1. The van der Waals surface area contributed by atoms with Gasteiger partial charge in [-0.3, -0.25) is 9.48 Å². The van der Waals surface area contributed by atoms with E-state index in [2.05, 4.69) is 5.10 Å². The number of aldehydes is 1. The van der Waals surface area contributed by atoms with Crippen molar-refractivity contribution in [2.24, 2.45) is 0 Å². The van der Waals surface area contributed by atoms with Gasteiger partial charge in [0, 0.05) is 12.1 Å². The number of carbonyl (C=O) groups excluding carboxylic acids is 2. The van der Waals surface area contributed by atoms with E-state index in [9.17, 15) is 9.59 Å². The summed E-state index contributed by atoms with van der Waals surface area (Å²) in [6.07, 6.45) is 3.40. The van der Waals surface area contributed by atoms with Gasteiger partial charge in [0.05, 0.1) is 18.3 Å². The molecule has 1 aliphatic heterocycles. The van der Waals surface area contributed by atoms with E-state index in [-0.39, 0.29) is 6.09 Å². The van der Waals surface area contributed by atoms with Crippen LogP contribution in [0.5, 0.6) is 0 Å². The first-order chi connectivity index (χ1) is 9.89. The van der Waals surface area contributed by atoms with Crippen molar-refractivity contribution in [2.45, 2.75) is 58.2 Å². The molecule has 1 aromatic rings. The number of carbonyl (C=O) groups is 2. The Morgan fingerprint density at radius 3 is 2.67 bits per heavy atom. The van der Waals surface area contributed by atoms with Crippen LogP contribution in [0, 0.1) is 0 Å². The quantitative estimate of drug-likeness (QED) is 0.784. The molecule has 0 spiro atoms. The Kier molecular flexibility index (Phi) is 3.26. The molecular weight excluding hydrogens is 270 g/mol. The normalized spacial score (nSPS) is 18.3. The lowest BCUT2D eigenvalue weighted by Gasteiger charge is -2.29. The third-order valence-electron chi connectivity index (χ3n) is 3.76. The summed E-state index contributed by atoms with van der Waals surface area (Å²) in [7, 11) is 0. The van der Waals surface area contributed by atoms with Gasteiger partial charge in [-0.15, -0.1) is 0 Å². The molecule has 21 heavy (non-hydrogen) atoms. The van der Waals surface area contributed by atoms with Crippen LogP contribution in [0.25, 0.3) is 0 Å². The lowest BCUT2D eigenvalue weighted by molar-refractivity contribution is 0.0221. The molecule has 6 nitrogen and oxygen atoms in total. The van der Waals surface area contributed by atoms with Gasteiger partial charge < -0.3 is 9.64 Å². The molecule has 0 atom stereocenters. The smallest absolute Gasteiger partial charge is 0.410 e. The highest BCUT2D eigenvalue weighted by molar-refractivity contribution is 5.76. The number of nitrogens with zero attached hydrogens (tertiary/aromatic N) is 3. The molecule has 0 saturated heterocycles. The molecule has 0 radical (unpaired) electrons. The van der Waals surface area contributed by atoms with Crippen molar-refractivity contribution in [1.82, 2.24) is 14.7 Å². The zero-order valence-corrected chi connectivity index (χ0v) is 12.8. The fraction of sp³-hybridized carbons (Fsp3) is 0.667. The van der Waals surface area contributed by atoms with E-state index in [0.29, 0.717) is 31.2 Å². The van der Waals surface area contributed by atoms with E-state index in [4.69, 9.17) is 4.74 Å². The Morgan fingerprint density at radius 2 is 2.10 bits per heavy atom. The molecule has 0 aromatic carbocycles. The molecular formula is C15H21N3O3. The Balaban J connectivity index is 1.79. The molecule has 114 valence electrons. The van der Waals surface area contributed by atoms with Crippen molar-refractivity contribution in [3.05, 3.63) is 17.0 Å². The van der Waals surface area contributed by atoms with E-state index in [0.717, 1.165) is 30.4 Å². The van der Waals surface area contributed by atoms with Crippen molar-refractivity contribution in [3.8, 4) is 0 Å². The minimum Gasteiger partial charge on any atom is -0.444 e. The zero-order valence-electron chi connectivity index (χ0n) is 12.8. The molecule has 1 fully saturated rings. The van der Waals surface area contributed by atoms with Crippen LogP contribution in [-0.2, 0) is 17.7 Å². The maximum absolute atomic E-state index is 12.1. The van der Waals surface area contributed by atoms with E-state index in [1.807, 2.05) is 25.5 Å². The van der Waals surface area contributed by atoms with Crippen molar-refractivity contribution in [3.63, 3.8) is 0 Å². The molecule has 0 N–H and O–H groups in total. The minimum absolute atomic E-state index is 0.318. The van der Waals surface area contributed by atoms with E-state index < -0.39 is 5.60 Å². The lowest BCUT2D eigenvalue weighted by Crippen LogP contribution is -2.39. The molecule has 1 aromatic heterocycles. The summed E-state index contributed by atoms with van der Waals surface area (Å²) in [6, 6.07) is 0.366. The fourth-order valence-corrected chi connectivity index (χ4v) is 2.64. The monoisotopic (exact) mass is 291 g/mol. The van der Waals surface area contributed by atoms with Crippen molar-refractivity contribution < 1.29 is 14.3 Å². The zero-order chi connectivity index (χ0) is 15.2. The Bertz CT molecular complexity index is 582. The second-order valence-corrected chi connectivity index (χ2v) is 6.76. The van der Waals surface area contributed by atoms with Gasteiger partial charge in [0.2, 0.25) is 0 Å². The highest BCUT2D eigenvalue weighted by Crippen LogP contribution is 2.37. The SMILES string of the molecule is CC(C)(C)OC(=O)N1CCc2c(nn(C3CC3)c2C=O)C1. The topological polar surface area (TPSA) is 64.4 Å². The van der Waals surface area contributed by atoms with Gasteiger partial charge in [0.15, 0.2) is 6.29 Å². The maximum Gasteiger partial charge on any atom is 0.410 e. The molecule has 1 aliphatic carbocycles. The summed E-state index contributed by atoms with van der Waals surface area (Å²) in [5, 5.41) is 4.55. The van der Waals surface area contributed by atoms with E-state index in [1.165, 1.54) is 0 Å². The van der Waals surface area contributed by atoms with Gasteiger partial charge in [-0.25, -0.2) is 4.79 Å². The maximum atomic E-state index is 12.1. The molecule has 6 heteroatoms. The van der Waals surface area contributed by atoms with Gasteiger partial charge >= 0.3 is 6.09 Å². The summed E-state index contributed by atoms with van der Waals surface area (Å²) < 4.78 is 7.24. The van der Waals surface area contributed by atoms with Crippen LogP contribution in [0.3, 0.4) is 0 Å². The number of hydrogen-bond donors (Lipinski definition) is 0. The largest absolute Gasteiger partial charge is 0.444 e. The molecule has 0 bridgehead atoms. The number of amides is 1. The van der Waals surface area contributed by atoms with Crippen LogP contribution in [-0.4, -0.2) is 39.2 Å². The Labute approximate surface area is 124 Å². The third kappa shape index (κ3) is 2.80. The molecule has 2 heterocycles. The standard InChI is InChI=1S/C15H21N3O3/c1-15(2,3)21-14(20)17-7-6-11-12(8-17)16-18(10-4-5-10)13(11)9-19/h9-10H,4-8H2,1-3H3. The molecule has 1 saturated carbocycles. The van der Waals surface area contributed by atoms with Gasteiger partial charge in [-0.2, -0.15) is 5.10 Å². The van der Waals surface area contributed by atoms with Crippen LogP contribution in [0.15, 0.2) is 0 Å². The van der Waals surface area contributed by atoms with Gasteiger partial charge in [-0.05, 0) is 40.0 Å². The van der Waals surface area contributed by atoms with Gasteiger partial charge in [0.1, 0.15) is 11.3 Å². The highest BCUT2D eigenvalue weighted by Gasteiger charge is 2.33. The minimum atomic E-state index is -0.501. The van der Waals surface area contributed by atoms with Crippen LogP contribution in [0.1, 0.15) is 61.4 Å². The molecule has 0 unspecified atom stereocenters. The third-order valence-corrected chi connectivity index (χ3v) is 3.76. The van der Waals surface area contributed by atoms with E-state index in [1.54, 1.807) is 4.90 Å². The number of rotatable bonds is 2. The lowest BCUT2D eigenvalue weighted by atomic mass is 10.1. The predicted molar refractivity (Wildman–Crippen MR) is 76.2 cm³/mol. The number of aromatic nitrogens is 2. The summed E-state index contributed by atoms with van der Waals surface area (Å²) in [5.41, 5.74) is 2.02. The average molecular weight is 291 g/mol.